The number of likely N-dealkylation sites (tertiary alicyclic amines) is 1. The first kappa shape index (κ1) is 17.6. The molecule has 0 spiro atoms. The maximum Gasteiger partial charge on any atom is 0.313 e. The number of rotatable bonds is 6. The summed E-state index contributed by atoms with van der Waals surface area (Å²) in [5.41, 5.74) is -0.188. The van der Waals surface area contributed by atoms with Crippen LogP contribution >= 0.6 is 11.6 Å². The Bertz CT molecular complexity index is 606. The molecule has 1 aliphatic heterocycles. The van der Waals surface area contributed by atoms with Crippen LogP contribution in [0.15, 0.2) is 18.2 Å². The molecule has 1 aliphatic rings. The summed E-state index contributed by atoms with van der Waals surface area (Å²) in [6, 6.07) is 5.16. The Balaban J connectivity index is 1.95. The van der Waals surface area contributed by atoms with E-state index >= 15 is 0 Å². The smallest absolute Gasteiger partial charge is 0.313 e. The molecular weight excluding hydrogens is 322 g/mol. The van der Waals surface area contributed by atoms with Crippen LogP contribution in [0, 0.1) is 12.3 Å². The summed E-state index contributed by atoms with van der Waals surface area (Å²) in [7, 11) is 1.46. The van der Waals surface area contributed by atoms with E-state index in [1.54, 1.807) is 18.2 Å². The average molecular weight is 342 g/mol. The molecule has 0 radical (unpaired) electrons. The normalized spacial score (nSPS) is 20.6. The van der Waals surface area contributed by atoms with Crippen LogP contribution in [-0.4, -0.2) is 55.3 Å². The Labute approximate surface area is 139 Å². The van der Waals surface area contributed by atoms with Gasteiger partial charge in [-0.05, 0) is 37.1 Å². The topological polar surface area (TPSA) is 76.1 Å². The number of aliphatic carboxylic acids is 1. The molecule has 7 heteroatoms. The van der Waals surface area contributed by atoms with Crippen LogP contribution in [0.2, 0.25) is 5.02 Å². The molecule has 0 saturated carbocycles. The number of carboxylic acids is 1. The molecule has 1 unspecified atom stereocenters. The number of methoxy groups -OCH3 is 1. The van der Waals surface area contributed by atoms with Crippen LogP contribution in [0.1, 0.15) is 12.0 Å². The number of carboxylic acid groups (broad SMARTS) is 1. The van der Waals surface area contributed by atoms with Gasteiger partial charge in [0.2, 0.25) is 0 Å². The van der Waals surface area contributed by atoms with E-state index in [0.717, 1.165) is 5.56 Å². The molecule has 1 aromatic carbocycles. The number of nitrogens with zero attached hydrogens (tertiary/aromatic N) is 1. The van der Waals surface area contributed by atoms with Crippen molar-refractivity contribution in [2.75, 3.05) is 33.4 Å². The molecular formula is C16H20ClNO5. The van der Waals surface area contributed by atoms with E-state index in [0.29, 0.717) is 23.7 Å². The summed E-state index contributed by atoms with van der Waals surface area (Å²) < 4.78 is 10.5. The monoisotopic (exact) mass is 341 g/mol. The van der Waals surface area contributed by atoms with Crippen molar-refractivity contribution in [2.45, 2.75) is 13.3 Å². The van der Waals surface area contributed by atoms with E-state index < -0.39 is 11.4 Å². The van der Waals surface area contributed by atoms with Crippen molar-refractivity contribution < 1.29 is 24.2 Å². The van der Waals surface area contributed by atoms with Gasteiger partial charge in [0.25, 0.3) is 5.91 Å². The molecule has 1 N–H and O–H groups in total. The third-order valence-corrected chi connectivity index (χ3v) is 4.30. The fourth-order valence-electron chi connectivity index (χ4n) is 2.72. The second-order valence-corrected chi connectivity index (χ2v) is 6.22. The summed E-state index contributed by atoms with van der Waals surface area (Å²) in [4.78, 5) is 25.2. The quantitative estimate of drug-likeness (QED) is 0.856. The molecule has 0 bridgehead atoms. The Hall–Kier alpha value is -1.79. The number of amides is 1. The molecule has 1 heterocycles. The second-order valence-electron chi connectivity index (χ2n) is 5.78. The molecule has 1 amide bonds. The van der Waals surface area contributed by atoms with Gasteiger partial charge < -0.3 is 19.5 Å². The van der Waals surface area contributed by atoms with Gasteiger partial charge in [0.15, 0.2) is 6.61 Å². The Morgan fingerprint density at radius 3 is 2.78 bits per heavy atom. The van der Waals surface area contributed by atoms with Gasteiger partial charge in [-0.15, -0.1) is 0 Å². The second kappa shape index (κ2) is 7.19. The Kier molecular flexibility index (Phi) is 5.49. The summed E-state index contributed by atoms with van der Waals surface area (Å²) in [5.74, 6) is -0.592. The van der Waals surface area contributed by atoms with Crippen LogP contribution in [0.3, 0.4) is 0 Å². The predicted octanol–water partition coefficient (Wildman–Crippen LogP) is 1.98. The largest absolute Gasteiger partial charge is 0.483 e. The maximum absolute atomic E-state index is 12.3. The summed E-state index contributed by atoms with van der Waals surface area (Å²) in [6.45, 7) is 2.32. The average Bonchev–Trinajstić information content (AvgIpc) is 2.92. The van der Waals surface area contributed by atoms with Crippen molar-refractivity contribution in [1.82, 2.24) is 4.90 Å². The van der Waals surface area contributed by atoms with Crippen molar-refractivity contribution in [3.63, 3.8) is 0 Å². The van der Waals surface area contributed by atoms with Crippen molar-refractivity contribution in [2.24, 2.45) is 5.41 Å². The molecule has 23 heavy (non-hydrogen) atoms. The van der Waals surface area contributed by atoms with Gasteiger partial charge in [-0.3, -0.25) is 9.59 Å². The number of carbonyl (C=O) groups excluding carboxylic acids is 1. The number of halogens is 1. The number of benzene rings is 1. The molecule has 6 nitrogen and oxygen atoms in total. The van der Waals surface area contributed by atoms with Gasteiger partial charge in [0.1, 0.15) is 11.2 Å². The number of ether oxygens (including phenoxy) is 2. The Morgan fingerprint density at radius 1 is 1.43 bits per heavy atom. The lowest BCUT2D eigenvalue weighted by atomic mass is 9.88. The SMILES string of the molecule is COCC1(C(=O)O)CCN(C(=O)COc2ccc(Cl)cc2C)C1. The first-order valence-electron chi connectivity index (χ1n) is 7.27. The highest BCUT2D eigenvalue weighted by molar-refractivity contribution is 6.30. The highest BCUT2D eigenvalue weighted by Crippen LogP contribution is 2.31. The molecule has 1 saturated heterocycles. The van der Waals surface area contributed by atoms with E-state index in [1.165, 1.54) is 12.0 Å². The lowest BCUT2D eigenvalue weighted by molar-refractivity contribution is -0.151. The highest BCUT2D eigenvalue weighted by Gasteiger charge is 2.46. The van der Waals surface area contributed by atoms with E-state index in [9.17, 15) is 14.7 Å². The zero-order valence-electron chi connectivity index (χ0n) is 13.2. The summed E-state index contributed by atoms with van der Waals surface area (Å²) in [6.07, 6.45) is 0.377. The van der Waals surface area contributed by atoms with Crippen LogP contribution in [0.4, 0.5) is 0 Å². The van der Waals surface area contributed by atoms with Gasteiger partial charge in [-0.2, -0.15) is 0 Å². The minimum Gasteiger partial charge on any atom is -0.483 e. The van der Waals surface area contributed by atoms with Crippen molar-refractivity contribution in [1.29, 1.82) is 0 Å². The molecule has 1 aromatic rings. The van der Waals surface area contributed by atoms with Crippen LogP contribution in [0.5, 0.6) is 5.75 Å². The molecule has 0 aromatic heterocycles. The van der Waals surface area contributed by atoms with Gasteiger partial charge in [0, 0.05) is 25.2 Å². The van der Waals surface area contributed by atoms with Crippen molar-refractivity contribution in [3.05, 3.63) is 28.8 Å². The minimum absolute atomic E-state index is 0.0866. The minimum atomic E-state index is -1.03. The lowest BCUT2D eigenvalue weighted by Crippen LogP contribution is -2.41. The third kappa shape index (κ3) is 3.95. The molecule has 1 atom stereocenters. The van der Waals surface area contributed by atoms with E-state index in [2.05, 4.69) is 0 Å². The van der Waals surface area contributed by atoms with E-state index in [-0.39, 0.29) is 25.7 Å². The lowest BCUT2D eigenvalue weighted by Gasteiger charge is -2.23. The summed E-state index contributed by atoms with van der Waals surface area (Å²) in [5, 5.41) is 10.0. The fourth-order valence-corrected chi connectivity index (χ4v) is 2.95. The zero-order chi connectivity index (χ0) is 17.0. The molecule has 1 fully saturated rings. The standard InChI is InChI=1S/C16H20ClNO5/c1-11-7-12(17)3-4-13(11)23-8-14(19)18-6-5-16(9-18,10-22-2)15(20)21/h3-4,7H,5-6,8-10H2,1-2H3,(H,20,21). The van der Waals surface area contributed by atoms with Crippen LogP contribution < -0.4 is 4.74 Å². The van der Waals surface area contributed by atoms with Gasteiger partial charge >= 0.3 is 5.97 Å². The number of aryl methyl sites for hydroxylation is 1. The van der Waals surface area contributed by atoms with E-state index in [4.69, 9.17) is 21.1 Å². The fraction of sp³-hybridized carbons (Fsp3) is 0.500. The summed E-state index contributed by atoms with van der Waals surface area (Å²) >= 11 is 5.88. The van der Waals surface area contributed by atoms with Crippen LogP contribution in [-0.2, 0) is 14.3 Å². The number of hydrogen-bond donors (Lipinski definition) is 1. The van der Waals surface area contributed by atoms with Gasteiger partial charge in [0.05, 0.1) is 6.61 Å². The third-order valence-electron chi connectivity index (χ3n) is 4.07. The highest BCUT2D eigenvalue weighted by atomic mass is 35.5. The predicted molar refractivity (Wildman–Crippen MR) is 84.8 cm³/mol. The van der Waals surface area contributed by atoms with Crippen molar-refractivity contribution in [3.8, 4) is 5.75 Å². The first-order chi connectivity index (χ1) is 10.9. The zero-order valence-corrected chi connectivity index (χ0v) is 13.9. The Morgan fingerprint density at radius 2 is 2.17 bits per heavy atom. The molecule has 0 aliphatic carbocycles. The van der Waals surface area contributed by atoms with Crippen molar-refractivity contribution >= 4 is 23.5 Å². The number of carbonyl (C=O) groups is 2. The maximum atomic E-state index is 12.3. The molecule has 126 valence electrons. The van der Waals surface area contributed by atoms with E-state index in [1.807, 2.05) is 6.92 Å². The van der Waals surface area contributed by atoms with Crippen LogP contribution in [0.25, 0.3) is 0 Å². The van der Waals surface area contributed by atoms with Gasteiger partial charge in [-0.1, -0.05) is 11.6 Å². The van der Waals surface area contributed by atoms with Gasteiger partial charge in [-0.25, -0.2) is 0 Å². The first-order valence-corrected chi connectivity index (χ1v) is 7.65. The number of hydrogen-bond acceptors (Lipinski definition) is 4. The molecule has 2 rings (SSSR count).